The summed E-state index contributed by atoms with van der Waals surface area (Å²) >= 11 is 0. The van der Waals surface area contributed by atoms with Gasteiger partial charge in [-0.25, -0.2) is 0 Å². The summed E-state index contributed by atoms with van der Waals surface area (Å²) in [6.07, 6.45) is 3.07. The first-order chi connectivity index (χ1) is 21.2. The van der Waals surface area contributed by atoms with Crippen molar-refractivity contribution >= 4 is 34.8 Å². The summed E-state index contributed by atoms with van der Waals surface area (Å²) in [5.74, 6) is 0.558. The highest BCUT2D eigenvalue weighted by Crippen LogP contribution is 2.32. The second-order valence-corrected chi connectivity index (χ2v) is 11.1. The van der Waals surface area contributed by atoms with Crippen LogP contribution in [-0.4, -0.2) is 81.5 Å². The Kier molecular flexibility index (Phi) is 11.2. The summed E-state index contributed by atoms with van der Waals surface area (Å²) in [5.41, 5.74) is 9.12. The molecule has 0 unspecified atom stereocenters. The van der Waals surface area contributed by atoms with Crippen LogP contribution < -0.4 is 25.4 Å². The van der Waals surface area contributed by atoms with Gasteiger partial charge in [0.05, 0.1) is 30.7 Å². The number of methoxy groups -OCH3 is 1. The van der Waals surface area contributed by atoms with Crippen molar-refractivity contribution in [2.45, 2.75) is 32.6 Å². The van der Waals surface area contributed by atoms with Crippen molar-refractivity contribution in [2.24, 2.45) is 0 Å². The third kappa shape index (κ3) is 8.29. The lowest BCUT2D eigenvalue weighted by molar-refractivity contribution is -0.132. The van der Waals surface area contributed by atoms with E-state index in [9.17, 15) is 14.4 Å². The van der Waals surface area contributed by atoms with E-state index in [2.05, 4.69) is 17.3 Å². The average molecular weight is 602 g/mol. The molecule has 3 aromatic carbocycles. The highest BCUT2D eigenvalue weighted by atomic mass is 16.5. The van der Waals surface area contributed by atoms with Crippen LogP contribution in [0.1, 0.15) is 52.0 Å². The largest absolute Gasteiger partial charge is 0.495 e. The van der Waals surface area contributed by atoms with Gasteiger partial charge in [-0.05, 0) is 81.3 Å². The molecular weight excluding hydrogens is 558 g/mol. The predicted octanol–water partition coefficient (Wildman–Crippen LogP) is 4.83. The Morgan fingerprint density at radius 2 is 1.68 bits per heavy atom. The van der Waals surface area contributed by atoms with E-state index in [0.29, 0.717) is 52.7 Å². The number of likely N-dealkylation sites (N-methyl/N-ethyl adjacent to an activating group) is 1. The first kappa shape index (κ1) is 32.3. The minimum absolute atomic E-state index is 0.230. The first-order valence-corrected chi connectivity index (χ1v) is 15.0. The minimum atomic E-state index is -0.374. The molecule has 4 rings (SSSR count). The molecule has 0 saturated carbocycles. The molecule has 0 atom stereocenters. The molecule has 0 radical (unpaired) electrons. The van der Waals surface area contributed by atoms with Crippen LogP contribution in [0.4, 0.5) is 17.1 Å². The summed E-state index contributed by atoms with van der Waals surface area (Å²) in [5, 5.41) is 2.81. The molecule has 3 amide bonds. The molecule has 10 heteroatoms. The number of nitrogens with two attached hydrogens (primary N) is 1. The number of carbonyl (C=O) groups is 3. The molecular formula is C34H43N5O5. The summed E-state index contributed by atoms with van der Waals surface area (Å²) in [6, 6.07) is 17.4. The van der Waals surface area contributed by atoms with Crippen LogP contribution in [0.15, 0.2) is 60.7 Å². The summed E-state index contributed by atoms with van der Waals surface area (Å²) in [4.78, 5) is 44.6. The van der Waals surface area contributed by atoms with Crippen LogP contribution in [0, 0.1) is 6.92 Å². The normalized spacial score (nSPS) is 13.3. The van der Waals surface area contributed by atoms with Gasteiger partial charge in [0.1, 0.15) is 11.5 Å². The Bertz CT molecular complexity index is 1470. The Labute approximate surface area is 259 Å². The molecule has 1 aliphatic rings. The van der Waals surface area contributed by atoms with Crippen LogP contribution in [0.25, 0.3) is 0 Å². The number of aryl methyl sites for hydroxylation is 1. The van der Waals surface area contributed by atoms with E-state index in [-0.39, 0.29) is 17.7 Å². The van der Waals surface area contributed by atoms with Crippen molar-refractivity contribution in [3.63, 3.8) is 0 Å². The van der Waals surface area contributed by atoms with E-state index in [0.717, 1.165) is 51.0 Å². The van der Waals surface area contributed by atoms with Gasteiger partial charge in [-0.15, -0.1) is 0 Å². The number of nitrogen functional groups attached to an aromatic ring is 1. The van der Waals surface area contributed by atoms with Crippen molar-refractivity contribution in [3.8, 4) is 11.5 Å². The number of hydrogen-bond acceptors (Lipinski definition) is 7. The third-order valence-electron chi connectivity index (χ3n) is 7.83. The van der Waals surface area contributed by atoms with Gasteiger partial charge in [-0.1, -0.05) is 18.2 Å². The number of rotatable bonds is 12. The Balaban J connectivity index is 1.34. The van der Waals surface area contributed by atoms with Crippen LogP contribution in [-0.2, 0) is 4.79 Å². The molecule has 0 aliphatic carbocycles. The number of hydrogen-bond donors (Lipinski definition) is 2. The molecule has 1 aliphatic heterocycles. The third-order valence-corrected chi connectivity index (χ3v) is 7.83. The number of anilines is 3. The summed E-state index contributed by atoms with van der Waals surface area (Å²) in [7, 11) is 5.26. The zero-order chi connectivity index (χ0) is 31.6. The highest BCUT2D eigenvalue weighted by Gasteiger charge is 2.21. The minimum Gasteiger partial charge on any atom is -0.495 e. The standard InChI is InChI=1S/C34H43N5O5/c1-24-13-16-29(31(22-24)44-21-9-5-6-12-32(40)39-19-17-37(2)18-20-39)38(3)34(42)25-14-15-28(30(23-25)43-4)36-33(41)26-10-7-8-11-27(26)35/h7-8,10-11,13-16,22-23H,5-6,9,12,17-21,35H2,1-4H3,(H,36,41). The monoisotopic (exact) mass is 601 g/mol. The average Bonchev–Trinajstić information content (AvgIpc) is 3.02. The zero-order valence-electron chi connectivity index (χ0n) is 26.1. The Morgan fingerprint density at radius 1 is 0.932 bits per heavy atom. The van der Waals surface area contributed by atoms with Crippen LogP contribution in [0.5, 0.6) is 11.5 Å². The van der Waals surface area contributed by atoms with E-state index in [1.807, 2.05) is 30.0 Å². The molecule has 44 heavy (non-hydrogen) atoms. The summed E-state index contributed by atoms with van der Waals surface area (Å²) < 4.78 is 11.6. The van der Waals surface area contributed by atoms with Crippen LogP contribution in [0.3, 0.4) is 0 Å². The number of para-hydroxylation sites is 1. The van der Waals surface area contributed by atoms with E-state index in [4.69, 9.17) is 15.2 Å². The number of nitrogens with one attached hydrogen (secondary N) is 1. The van der Waals surface area contributed by atoms with Crippen molar-refractivity contribution in [2.75, 3.05) is 69.9 Å². The summed E-state index contributed by atoms with van der Waals surface area (Å²) in [6.45, 7) is 5.92. The molecule has 1 fully saturated rings. The number of ether oxygens (including phenoxy) is 2. The number of nitrogens with zero attached hydrogens (tertiary/aromatic N) is 3. The smallest absolute Gasteiger partial charge is 0.258 e. The number of unbranched alkanes of at least 4 members (excludes halogenated alkanes) is 2. The molecule has 0 bridgehead atoms. The molecule has 1 heterocycles. The van der Waals surface area contributed by atoms with Gasteiger partial charge in [0, 0.05) is 50.9 Å². The van der Waals surface area contributed by atoms with Gasteiger partial charge in [0.15, 0.2) is 0 Å². The van der Waals surface area contributed by atoms with Crippen molar-refractivity contribution in [1.82, 2.24) is 9.80 Å². The fraction of sp³-hybridized carbons (Fsp3) is 0.382. The van der Waals surface area contributed by atoms with Gasteiger partial charge in [-0.2, -0.15) is 0 Å². The molecule has 0 spiro atoms. The molecule has 0 aromatic heterocycles. The number of amides is 3. The molecule has 234 valence electrons. The van der Waals surface area contributed by atoms with Gasteiger partial charge in [-0.3, -0.25) is 14.4 Å². The van der Waals surface area contributed by atoms with Gasteiger partial charge in [0.2, 0.25) is 5.91 Å². The number of carbonyl (C=O) groups excluding carboxylic acids is 3. The Morgan fingerprint density at radius 3 is 2.41 bits per heavy atom. The lowest BCUT2D eigenvalue weighted by Crippen LogP contribution is -2.47. The maximum absolute atomic E-state index is 13.5. The van der Waals surface area contributed by atoms with Crippen LogP contribution >= 0.6 is 0 Å². The molecule has 10 nitrogen and oxygen atoms in total. The topological polar surface area (TPSA) is 117 Å². The van der Waals surface area contributed by atoms with Crippen LogP contribution in [0.2, 0.25) is 0 Å². The SMILES string of the molecule is COc1cc(C(=O)N(C)c2ccc(C)cc2OCCCCCC(=O)N2CCN(C)CC2)ccc1NC(=O)c1ccccc1N. The van der Waals surface area contributed by atoms with E-state index in [1.54, 1.807) is 54.4 Å². The Hall–Kier alpha value is -4.57. The highest BCUT2D eigenvalue weighted by molar-refractivity contribution is 6.10. The lowest BCUT2D eigenvalue weighted by atomic mass is 10.1. The quantitative estimate of drug-likeness (QED) is 0.226. The van der Waals surface area contributed by atoms with Crippen molar-refractivity contribution in [3.05, 3.63) is 77.4 Å². The molecule has 3 aromatic rings. The maximum atomic E-state index is 13.5. The van der Waals surface area contributed by atoms with E-state index < -0.39 is 0 Å². The van der Waals surface area contributed by atoms with Gasteiger partial charge in [0.25, 0.3) is 11.8 Å². The van der Waals surface area contributed by atoms with Crippen molar-refractivity contribution < 1.29 is 23.9 Å². The van der Waals surface area contributed by atoms with Gasteiger partial charge < -0.3 is 35.2 Å². The van der Waals surface area contributed by atoms with E-state index >= 15 is 0 Å². The number of piperazine rings is 1. The second-order valence-electron chi connectivity index (χ2n) is 11.1. The first-order valence-electron chi connectivity index (χ1n) is 15.0. The lowest BCUT2D eigenvalue weighted by Gasteiger charge is -2.32. The second kappa shape index (κ2) is 15.2. The fourth-order valence-electron chi connectivity index (χ4n) is 5.09. The van der Waals surface area contributed by atoms with E-state index in [1.165, 1.54) is 7.11 Å². The number of benzene rings is 3. The predicted molar refractivity (Wildman–Crippen MR) is 174 cm³/mol. The molecule has 1 saturated heterocycles. The van der Waals surface area contributed by atoms with Crippen molar-refractivity contribution in [1.29, 1.82) is 0 Å². The maximum Gasteiger partial charge on any atom is 0.258 e. The molecule has 3 N–H and O–H groups in total. The fourth-order valence-corrected chi connectivity index (χ4v) is 5.09. The van der Waals surface area contributed by atoms with Gasteiger partial charge >= 0.3 is 0 Å². The zero-order valence-corrected chi connectivity index (χ0v) is 26.1.